The number of hydrogen-bond acceptors (Lipinski definition) is 3. The third-order valence-electron chi connectivity index (χ3n) is 3.03. The lowest BCUT2D eigenvalue weighted by molar-refractivity contribution is 0.0695. The van der Waals surface area contributed by atoms with Crippen LogP contribution in [0, 0.1) is 18.7 Å². The van der Waals surface area contributed by atoms with Gasteiger partial charge in [0, 0.05) is 12.0 Å². The maximum Gasteiger partial charge on any atom is 0.341 e. The van der Waals surface area contributed by atoms with E-state index < -0.39 is 11.8 Å². The van der Waals surface area contributed by atoms with Crippen LogP contribution in [-0.4, -0.2) is 16.2 Å². The van der Waals surface area contributed by atoms with Crippen LogP contribution in [0.25, 0.3) is 11.3 Å². The van der Waals surface area contributed by atoms with Crippen LogP contribution in [0.1, 0.15) is 35.5 Å². The highest BCUT2D eigenvalue weighted by molar-refractivity contribution is 5.96. The molecule has 0 aliphatic carbocycles. The number of nitrogens with zero attached hydrogens (tertiary/aromatic N) is 1. The molecule has 5 heteroatoms. The average Bonchev–Trinajstić information content (AvgIpc) is 2.75. The summed E-state index contributed by atoms with van der Waals surface area (Å²) in [4.78, 5) is 11.5. The topological polar surface area (TPSA) is 63.3 Å². The standard InChI is InChI=1S/C15H16FNO3/c1-8(2)6-12-13(15(18)19)14(17-20-12)11-7-10(16)5-4-9(11)3/h4-5,7-8H,6H2,1-3H3,(H,18,19). The zero-order valence-electron chi connectivity index (χ0n) is 11.6. The quantitative estimate of drug-likeness (QED) is 0.925. The highest BCUT2D eigenvalue weighted by Crippen LogP contribution is 2.30. The minimum absolute atomic E-state index is 0.0207. The largest absolute Gasteiger partial charge is 0.477 e. The van der Waals surface area contributed by atoms with E-state index in [4.69, 9.17) is 4.52 Å². The van der Waals surface area contributed by atoms with Crippen molar-refractivity contribution in [2.45, 2.75) is 27.2 Å². The summed E-state index contributed by atoms with van der Waals surface area (Å²) < 4.78 is 18.5. The molecule has 1 N–H and O–H groups in total. The number of rotatable bonds is 4. The first-order valence-corrected chi connectivity index (χ1v) is 6.38. The molecule has 1 aromatic heterocycles. The normalized spacial score (nSPS) is 11.1. The number of halogens is 1. The van der Waals surface area contributed by atoms with E-state index in [9.17, 15) is 14.3 Å². The Kier molecular flexibility index (Phi) is 3.88. The van der Waals surface area contributed by atoms with E-state index in [1.165, 1.54) is 12.1 Å². The number of aryl methyl sites for hydroxylation is 1. The van der Waals surface area contributed by atoms with Crippen LogP contribution in [0.2, 0.25) is 0 Å². The molecule has 4 nitrogen and oxygen atoms in total. The summed E-state index contributed by atoms with van der Waals surface area (Å²) in [5.41, 5.74) is 1.40. The van der Waals surface area contributed by atoms with E-state index in [0.717, 1.165) is 5.56 Å². The first-order chi connectivity index (χ1) is 9.40. The van der Waals surface area contributed by atoms with Gasteiger partial charge in [0.25, 0.3) is 0 Å². The van der Waals surface area contributed by atoms with Gasteiger partial charge in [0.05, 0.1) is 0 Å². The highest BCUT2D eigenvalue weighted by Gasteiger charge is 2.25. The van der Waals surface area contributed by atoms with E-state index in [-0.39, 0.29) is 17.2 Å². The Morgan fingerprint density at radius 1 is 1.45 bits per heavy atom. The number of carboxylic acid groups (broad SMARTS) is 1. The number of aromatic nitrogens is 1. The Hall–Kier alpha value is -2.17. The van der Waals surface area contributed by atoms with E-state index in [0.29, 0.717) is 17.7 Å². The molecular formula is C15H16FNO3. The molecule has 0 amide bonds. The monoisotopic (exact) mass is 277 g/mol. The summed E-state index contributed by atoms with van der Waals surface area (Å²) in [6.07, 6.45) is 0.475. The van der Waals surface area contributed by atoms with Crippen molar-refractivity contribution in [3.05, 3.63) is 40.9 Å². The summed E-state index contributed by atoms with van der Waals surface area (Å²) in [5.74, 6) is -0.982. The maximum absolute atomic E-state index is 13.4. The molecule has 2 aromatic rings. The van der Waals surface area contributed by atoms with Crippen LogP contribution < -0.4 is 0 Å². The van der Waals surface area contributed by atoms with E-state index in [1.807, 2.05) is 13.8 Å². The van der Waals surface area contributed by atoms with Crippen LogP contribution in [0.15, 0.2) is 22.7 Å². The van der Waals surface area contributed by atoms with Gasteiger partial charge in [0.2, 0.25) is 0 Å². The van der Waals surface area contributed by atoms with Gasteiger partial charge in [0.1, 0.15) is 17.1 Å². The lowest BCUT2D eigenvalue weighted by atomic mass is 9.98. The number of hydrogen-bond donors (Lipinski definition) is 1. The fraction of sp³-hybridized carbons (Fsp3) is 0.333. The van der Waals surface area contributed by atoms with Crippen LogP contribution in [0.5, 0.6) is 0 Å². The Bertz CT molecular complexity index is 647. The highest BCUT2D eigenvalue weighted by atomic mass is 19.1. The summed E-state index contributed by atoms with van der Waals surface area (Å²) in [7, 11) is 0. The van der Waals surface area contributed by atoms with Crippen LogP contribution in [0.3, 0.4) is 0 Å². The fourth-order valence-electron chi connectivity index (χ4n) is 2.09. The van der Waals surface area contributed by atoms with Gasteiger partial charge < -0.3 is 9.63 Å². The summed E-state index contributed by atoms with van der Waals surface area (Å²) >= 11 is 0. The molecule has 0 saturated heterocycles. The summed E-state index contributed by atoms with van der Waals surface area (Å²) in [6.45, 7) is 5.69. The second-order valence-corrected chi connectivity index (χ2v) is 5.19. The lowest BCUT2D eigenvalue weighted by Gasteiger charge is -2.04. The van der Waals surface area contributed by atoms with Gasteiger partial charge in [-0.3, -0.25) is 0 Å². The molecule has 0 bridgehead atoms. The number of benzene rings is 1. The van der Waals surface area contributed by atoms with Gasteiger partial charge >= 0.3 is 5.97 Å². The number of carbonyl (C=O) groups is 1. The molecule has 1 aromatic carbocycles. The van der Waals surface area contributed by atoms with Crippen LogP contribution >= 0.6 is 0 Å². The van der Waals surface area contributed by atoms with Gasteiger partial charge in [-0.2, -0.15) is 0 Å². The molecule has 0 aliphatic rings. The summed E-state index contributed by atoms with van der Waals surface area (Å²) in [5, 5.41) is 13.2. The smallest absolute Gasteiger partial charge is 0.341 e. The molecule has 1 heterocycles. The second-order valence-electron chi connectivity index (χ2n) is 5.19. The predicted octanol–water partition coefficient (Wildman–Crippen LogP) is 3.69. The zero-order chi connectivity index (χ0) is 14.9. The molecular weight excluding hydrogens is 261 g/mol. The molecule has 0 spiro atoms. The fourth-order valence-corrected chi connectivity index (χ4v) is 2.09. The van der Waals surface area contributed by atoms with Crippen LogP contribution in [-0.2, 0) is 6.42 Å². The first kappa shape index (κ1) is 14.2. The second kappa shape index (κ2) is 5.45. The van der Waals surface area contributed by atoms with Gasteiger partial charge in [-0.05, 0) is 30.5 Å². The molecule has 0 fully saturated rings. The Labute approximate surface area is 116 Å². The number of carboxylic acids is 1. The van der Waals surface area contributed by atoms with Crippen LogP contribution in [0.4, 0.5) is 4.39 Å². The van der Waals surface area contributed by atoms with Crippen molar-refractivity contribution in [2.75, 3.05) is 0 Å². The molecule has 0 unspecified atom stereocenters. The third kappa shape index (κ3) is 2.71. The predicted molar refractivity (Wildman–Crippen MR) is 72.1 cm³/mol. The Morgan fingerprint density at radius 2 is 2.15 bits per heavy atom. The van der Waals surface area contributed by atoms with Crippen molar-refractivity contribution in [2.24, 2.45) is 5.92 Å². The lowest BCUT2D eigenvalue weighted by Crippen LogP contribution is -2.04. The van der Waals surface area contributed by atoms with Crippen molar-refractivity contribution >= 4 is 5.97 Å². The Balaban J connectivity index is 2.59. The molecule has 0 radical (unpaired) electrons. The van der Waals surface area contributed by atoms with E-state index in [1.54, 1.807) is 13.0 Å². The van der Waals surface area contributed by atoms with E-state index >= 15 is 0 Å². The average molecular weight is 277 g/mol. The molecule has 106 valence electrons. The van der Waals surface area contributed by atoms with Gasteiger partial charge in [-0.1, -0.05) is 25.1 Å². The van der Waals surface area contributed by atoms with Crippen molar-refractivity contribution in [3.8, 4) is 11.3 Å². The zero-order valence-corrected chi connectivity index (χ0v) is 11.6. The molecule has 0 atom stereocenters. The van der Waals surface area contributed by atoms with Crippen molar-refractivity contribution in [1.82, 2.24) is 5.16 Å². The van der Waals surface area contributed by atoms with Crippen molar-refractivity contribution in [1.29, 1.82) is 0 Å². The molecule has 2 rings (SSSR count). The number of aromatic carboxylic acids is 1. The van der Waals surface area contributed by atoms with Gasteiger partial charge in [-0.15, -0.1) is 0 Å². The molecule has 0 saturated carbocycles. The minimum atomic E-state index is -1.11. The molecule has 0 aliphatic heterocycles. The SMILES string of the molecule is Cc1ccc(F)cc1-c1noc(CC(C)C)c1C(=O)O. The van der Waals surface area contributed by atoms with E-state index in [2.05, 4.69) is 5.16 Å². The minimum Gasteiger partial charge on any atom is -0.477 e. The maximum atomic E-state index is 13.4. The Morgan fingerprint density at radius 3 is 2.75 bits per heavy atom. The first-order valence-electron chi connectivity index (χ1n) is 6.38. The van der Waals surface area contributed by atoms with Crippen molar-refractivity contribution in [3.63, 3.8) is 0 Å². The summed E-state index contributed by atoms with van der Waals surface area (Å²) in [6, 6.07) is 4.19. The third-order valence-corrected chi connectivity index (χ3v) is 3.03. The van der Waals surface area contributed by atoms with Gasteiger partial charge in [-0.25, -0.2) is 9.18 Å². The molecule has 20 heavy (non-hydrogen) atoms. The van der Waals surface area contributed by atoms with Gasteiger partial charge in [0.15, 0.2) is 5.76 Å². The van der Waals surface area contributed by atoms with Crippen molar-refractivity contribution < 1.29 is 18.8 Å².